The van der Waals surface area contributed by atoms with E-state index >= 15 is 0 Å². The SMILES string of the molecule is CCC1C(=O)NC(=NC)NC1=O. The van der Waals surface area contributed by atoms with Crippen molar-refractivity contribution in [1.82, 2.24) is 10.6 Å². The first kappa shape index (κ1) is 8.70. The summed E-state index contributed by atoms with van der Waals surface area (Å²) in [6, 6.07) is 0. The number of carbonyl (C=O) groups is 2. The van der Waals surface area contributed by atoms with Crippen molar-refractivity contribution in [2.45, 2.75) is 13.3 Å². The van der Waals surface area contributed by atoms with Crippen molar-refractivity contribution >= 4 is 17.8 Å². The van der Waals surface area contributed by atoms with Gasteiger partial charge in [-0.3, -0.25) is 25.2 Å². The van der Waals surface area contributed by atoms with Crippen LogP contribution in [0.5, 0.6) is 0 Å². The molecule has 1 heterocycles. The number of guanidine groups is 1. The molecule has 0 aromatic rings. The fraction of sp³-hybridized carbons (Fsp3) is 0.571. The molecule has 12 heavy (non-hydrogen) atoms. The maximum Gasteiger partial charge on any atom is 0.239 e. The molecule has 1 aliphatic rings. The monoisotopic (exact) mass is 169 g/mol. The van der Waals surface area contributed by atoms with E-state index in [4.69, 9.17) is 0 Å². The molecule has 0 aliphatic carbocycles. The van der Waals surface area contributed by atoms with Crippen LogP contribution in [0.1, 0.15) is 13.3 Å². The minimum Gasteiger partial charge on any atom is -0.296 e. The van der Waals surface area contributed by atoms with Gasteiger partial charge in [-0.05, 0) is 6.42 Å². The Labute approximate surface area is 70.2 Å². The molecule has 0 radical (unpaired) electrons. The zero-order chi connectivity index (χ0) is 9.14. The van der Waals surface area contributed by atoms with Gasteiger partial charge in [-0.1, -0.05) is 6.92 Å². The molecule has 5 nitrogen and oxygen atoms in total. The highest BCUT2D eigenvalue weighted by molar-refractivity contribution is 6.17. The van der Waals surface area contributed by atoms with Crippen LogP contribution < -0.4 is 10.6 Å². The average Bonchev–Trinajstić information content (AvgIpc) is 2.03. The van der Waals surface area contributed by atoms with Gasteiger partial charge in [0, 0.05) is 7.05 Å². The fourth-order valence-electron chi connectivity index (χ4n) is 1.04. The van der Waals surface area contributed by atoms with E-state index in [1.54, 1.807) is 6.92 Å². The molecule has 1 fully saturated rings. The van der Waals surface area contributed by atoms with E-state index in [2.05, 4.69) is 15.6 Å². The van der Waals surface area contributed by atoms with Crippen LogP contribution in [0.3, 0.4) is 0 Å². The summed E-state index contributed by atoms with van der Waals surface area (Å²) >= 11 is 0. The first-order valence-electron chi connectivity index (χ1n) is 3.77. The fourth-order valence-corrected chi connectivity index (χ4v) is 1.04. The lowest BCUT2D eigenvalue weighted by atomic mass is 10.0. The largest absolute Gasteiger partial charge is 0.296 e. The second-order valence-corrected chi connectivity index (χ2v) is 2.51. The van der Waals surface area contributed by atoms with E-state index in [1.165, 1.54) is 7.05 Å². The van der Waals surface area contributed by atoms with Gasteiger partial charge in [-0.15, -0.1) is 0 Å². The van der Waals surface area contributed by atoms with E-state index < -0.39 is 5.92 Å². The summed E-state index contributed by atoms with van der Waals surface area (Å²) < 4.78 is 0. The van der Waals surface area contributed by atoms with E-state index in [0.717, 1.165) is 0 Å². The van der Waals surface area contributed by atoms with Gasteiger partial charge in [0.1, 0.15) is 5.92 Å². The van der Waals surface area contributed by atoms with Crippen LogP contribution in [0, 0.1) is 5.92 Å². The van der Waals surface area contributed by atoms with Crippen molar-refractivity contribution < 1.29 is 9.59 Å². The van der Waals surface area contributed by atoms with Crippen molar-refractivity contribution in [3.8, 4) is 0 Å². The second-order valence-electron chi connectivity index (χ2n) is 2.51. The van der Waals surface area contributed by atoms with Gasteiger partial charge in [0.2, 0.25) is 17.8 Å². The summed E-state index contributed by atoms with van der Waals surface area (Å²) in [7, 11) is 1.50. The topological polar surface area (TPSA) is 70.6 Å². The summed E-state index contributed by atoms with van der Waals surface area (Å²) in [6.45, 7) is 1.79. The Hall–Kier alpha value is -1.39. The van der Waals surface area contributed by atoms with Crippen molar-refractivity contribution in [2.75, 3.05) is 7.05 Å². The average molecular weight is 169 g/mol. The van der Waals surface area contributed by atoms with Crippen molar-refractivity contribution in [1.29, 1.82) is 0 Å². The Morgan fingerprint density at radius 1 is 1.33 bits per heavy atom. The molecule has 1 saturated heterocycles. The minimum absolute atomic E-state index is 0.231. The number of aliphatic imine (C=N–C) groups is 1. The molecule has 66 valence electrons. The smallest absolute Gasteiger partial charge is 0.239 e. The van der Waals surface area contributed by atoms with E-state index in [1.807, 2.05) is 0 Å². The lowest BCUT2D eigenvalue weighted by Gasteiger charge is -2.21. The first-order valence-corrected chi connectivity index (χ1v) is 3.77. The first-order chi connectivity index (χ1) is 5.69. The van der Waals surface area contributed by atoms with Crippen LogP contribution in [-0.4, -0.2) is 24.8 Å². The molecule has 1 rings (SSSR count). The Kier molecular flexibility index (Phi) is 2.42. The number of carbonyl (C=O) groups excluding carboxylic acids is 2. The number of amides is 2. The maximum absolute atomic E-state index is 11.2. The molecule has 0 aromatic carbocycles. The number of rotatable bonds is 1. The molecule has 0 unspecified atom stereocenters. The van der Waals surface area contributed by atoms with Crippen LogP contribution >= 0.6 is 0 Å². The Morgan fingerprint density at radius 2 is 1.83 bits per heavy atom. The number of nitrogens with one attached hydrogen (secondary N) is 2. The van der Waals surface area contributed by atoms with Gasteiger partial charge in [0.05, 0.1) is 0 Å². The molecule has 0 bridgehead atoms. The van der Waals surface area contributed by atoms with E-state index in [-0.39, 0.29) is 17.8 Å². The second kappa shape index (κ2) is 3.34. The third kappa shape index (κ3) is 1.44. The summed E-state index contributed by atoms with van der Waals surface area (Å²) in [6.07, 6.45) is 0.509. The molecular weight excluding hydrogens is 158 g/mol. The van der Waals surface area contributed by atoms with Gasteiger partial charge in [-0.25, -0.2) is 0 Å². The predicted molar refractivity (Wildman–Crippen MR) is 43.4 cm³/mol. The minimum atomic E-state index is -0.574. The number of nitrogens with zero attached hydrogens (tertiary/aromatic N) is 1. The quantitative estimate of drug-likeness (QED) is 0.507. The molecule has 0 saturated carbocycles. The number of hydrogen-bond acceptors (Lipinski definition) is 3. The van der Waals surface area contributed by atoms with Gasteiger partial charge < -0.3 is 0 Å². The molecule has 0 atom stereocenters. The third-order valence-corrected chi connectivity index (χ3v) is 1.75. The van der Waals surface area contributed by atoms with Crippen molar-refractivity contribution in [3.05, 3.63) is 0 Å². The third-order valence-electron chi connectivity index (χ3n) is 1.75. The van der Waals surface area contributed by atoms with Gasteiger partial charge in [0.15, 0.2) is 0 Å². The van der Waals surface area contributed by atoms with E-state index in [9.17, 15) is 9.59 Å². The number of hydrogen-bond donors (Lipinski definition) is 2. The molecule has 0 spiro atoms. The predicted octanol–water partition coefficient (Wildman–Crippen LogP) is -0.756. The Balaban J connectivity index is 2.77. The van der Waals surface area contributed by atoms with Crippen LogP contribution in [0.25, 0.3) is 0 Å². The summed E-state index contributed by atoms with van der Waals surface area (Å²) in [5, 5.41) is 4.95. The normalized spacial score (nSPS) is 23.2. The van der Waals surface area contributed by atoms with Gasteiger partial charge >= 0.3 is 0 Å². The van der Waals surface area contributed by atoms with Gasteiger partial charge in [0.25, 0.3) is 0 Å². The maximum atomic E-state index is 11.2. The summed E-state index contributed by atoms with van der Waals surface area (Å²) in [4.78, 5) is 26.0. The highest BCUT2D eigenvalue weighted by Crippen LogP contribution is 2.05. The Morgan fingerprint density at radius 3 is 2.17 bits per heavy atom. The molecular formula is C7H11N3O2. The van der Waals surface area contributed by atoms with Crippen molar-refractivity contribution in [3.63, 3.8) is 0 Å². The molecule has 0 aromatic heterocycles. The van der Waals surface area contributed by atoms with Crippen molar-refractivity contribution in [2.24, 2.45) is 10.9 Å². The summed E-state index contributed by atoms with van der Waals surface area (Å²) in [5.74, 6) is -0.895. The standard InChI is InChI=1S/C7H11N3O2/c1-3-4-5(11)9-7(8-2)10-6(4)12/h4H,3H2,1-2H3,(H2,8,9,10,11,12). The van der Waals surface area contributed by atoms with Crippen LogP contribution in [0.4, 0.5) is 0 Å². The van der Waals surface area contributed by atoms with Crippen LogP contribution in [0.2, 0.25) is 0 Å². The zero-order valence-electron chi connectivity index (χ0n) is 7.05. The highest BCUT2D eigenvalue weighted by atomic mass is 16.2. The lowest BCUT2D eigenvalue weighted by Crippen LogP contribution is -2.56. The van der Waals surface area contributed by atoms with Crippen LogP contribution in [-0.2, 0) is 9.59 Å². The molecule has 2 amide bonds. The zero-order valence-corrected chi connectivity index (χ0v) is 7.05. The van der Waals surface area contributed by atoms with E-state index in [0.29, 0.717) is 6.42 Å². The molecule has 2 N–H and O–H groups in total. The summed E-state index contributed by atoms with van der Waals surface area (Å²) in [5.41, 5.74) is 0. The van der Waals surface area contributed by atoms with Crippen LogP contribution in [0.15, 0.2) is 4.99 Å². The Bertz CT molecular complexity index is 227. The molecule has 5 heteroatoms. The lowest BCUT2D eigenvalue weighted by molar-refractivity contribution is -0.135. The highest BCUT2D eigenvalue weighted by Gasteiger charge is 2.30. The molecule has 1 aliphatic heterocycles. The van der Waals surface area contributed by atoms with Gasteiger partial charge in [-0.2, -0.15) is 0 Å².